The molecule has 0 radical (unpaired) electrons. The van der Waals surface area contributed by atoms with Gasteiger partial charge in [0.1, 0.15) is 5.94 Å². The fourth-order valence-corrected chi connectivity index (χ4v) is 1.17. The van der Waals surface area contributed by atoms with E-state index >= 15 is 0 Å². The molecule has 0 heterocycles. The zero-order chi connectivity index (χ0) is 7.23. The molecule has 1 rings (SSSR count). The minimum Gasteiger partial charge on any atom is -0.293 e. The van der Waals surface area contributed by atoms with Crippen molar-refractivity contribution in [2.75, 3.05) is 5.94 Å². The number of benzene rings is 1. The fourth-order valence-electron chi connectivity index (χ4n) is 0.619. The lowest BCUT2D eigenvalue weighted by Crippen LogP contribution is -1.96. The van der Waals surface area contributed by atoms with Gasteiger partial charge in [0.05, 0.1) is 0 Å². The number of thioether (sulfide) groups is 1. The Kier molecular flexibility index (Phi) is 3.29. The standard InChI is InChI=1S/C7H9NOS/c8-9-6-10-7-4-2-1-3-5-7/h1-5H,6,8H2. The summed E-state index contributed by atoms with van der Waals surface area (Å²) in [5.41, 5.74) is 0. The Morgan fingerprint density at radius 2 is 2.00 bits per heavy atom. The van der Waals surface area contributed by atoms with Gasteiger partial charge in [-0.25, -0.2) is 5.90 Å². The van der Waals surface area contributed by atoms with Gasteiger partial charge in [0.25, 0.3) is 0 Å². The molecule has 3 heteroatoms. The topological polar surface area (TPSA) is 35.2 Å². The molecule has 0 amide bonds. The Hall–Kier alpha value is -0.510. The summed E-state index contributed by atoms with van der Waals surface area (Å²) in [4.78, 5) is 5.58. The third-order valence-corrected chi connectivity index (χ3v) is 1.90. The van der Waals surface area contributed by atoms with Crippen LogP contribution in [-0.2, 0) is 4.84 Å². The van der Waals surface area contributed by atoms with Crippen LogP contribution in [0, 0.1) is 0 Å². The number of hydrogen-bond acceptors (Lipinski definition) is 3. The lowest BCUT2D eigenvalue weighted by atomic mass is 10.4. The van der Waals surface area contributed by atoms with Gasteiger partial charge in [0.15, 0.2) is 0 Å². The monoisotopic (exact) mass is 155 g/mol. The van der Waals surface area contributed by atoms with Crippen molar-refractivity contribution >= 4 is 11.8 Å². The van der Waals surface area contributed by atoms with Gasteiger partial charge in [-0.3, -0.25) is 4.84 Å². The SMILES string of the molecule is NOCSc1ccccc1. The van der Waals surface area contributed by atoms with Gasteiger partial charge in [0, 0.05) is 4.90 Å². The highest BCUT2D eigenvalue weighted by Gasteiger charge is 1.88. The van der Waals surface area contributed by atoms with Crippen LogP contribution in [0.1, 0.15) is 0 Å². The number of hydrogen-bond donors (Lipinski definition) is 1. The molecule has 2 N–H and O–H groups in total. The van der Waals surface area contributed by atoms with Crippen LogP contribution >= 0.6 is 11.8 Å². The largest absolute Gasteiger partial charge is 0.293 e. The summed E-state index contributed by atoms with van der Waals surface area (Å²) in [6.07, 6.45) is 0. The van der Waals surface area contributed by atoms with E-state index in [2.05, 4.69) is 4.84 Å². The Morgan fingerprint density at radius 3 is 2.60 bits per heavy atom. The normalized spacial score (nSPS) is 9.70. The first-order valence-electron chi connectivity index (χ1n) is 2.93. The third kappa shape index (κ3) is 2.39. The summed E-state index contributed by atoms with van der Waals surface area (Å²) in [5, 5.41) is 0. The summed E-state index contributed by atoms with van der Waals surface area (Å²) in [6, 6.07) is 9.98. The molecule has 0 aliphatic carbocycles. The maximum absolute atomic E-state index is 4.86. The van der Waals surface area contributed by atoms with Gasteiger partial charge < -0.3 is 0 Å². The lowest BCUT2D eigenvalue weighted by molar-refractivity contribution is 0.190. The van der Waals surface area contributed by atoms with Crippen molar-refractivity contribution in [3.8, 4) is 0 Å². The second kappa shape index (κ2) is 4.33. The molecule has 0 fully saturated rings. The molecule has 0 aliphatic heterocycles. The van der Waals surface area contributed by atoms with E-state index in [1.54, 1.807) is 11.8 Å². The first-order chi connectivity index (χ1) is 4.93. The van der Waals surface area contributed by atoms with Crippen LogP contribution in [0.25, 0.3) is 0 Å². The van der Waals surface area contributed by atoms with Crippen LogP contribution in [0.3, 0.4) is 0 Å². The van der Waals surface area contributed by atoms with Crippen LogP contribution < -0.4 is 5.90 Å². The quantitative estimate of drug-likeness (QED) is 0.409. The van der Waals surface area contributed by atoms with Crippen LogP contribution in [-0.4, -0.2) is 5.94 Å². The van der Waals surface area contributed by atoms with E-state index in [0.29, 0.717) is 5.94 Å². The van der Waals surface area contributed by atoms with E-state index in [1.165, 1.54) is 4.90 Å². The van der Waals surface area contributed by atoms with E-state index in [0.717, 1.165) is 0 Å². The summed E-state index contributed by atoms with van der Waals surface area (Å²) >= 11 is 1.57. The minimum absolute atomic E-state index is 0.504. The Balaban J connectivity index is 2.43. The molecule has 1 aromatic rings. The third-order valence-electron chi connectivity index (χ3n) is 1.04. The first kappa shape index (κ1) is 7.60. The van der Waals surface area contributed by atoms with Crippen molar-refractivity contribution in [1.82, 2.24) is 0 Å². The fraction of sp³-hybridized carbons (Fsp3) is 0.143. The zero-order valence-corrected chi connectivity index (χ0v) is 6.30. The molecule has 2 nitrogen and oxygen atoms in total. The summed E-state index contributed by atoms with van der Waals surface area (Å²) in [7, 11) is 0. The van der Waals surface area contributed by atoms with Crippen molar-refractivity contribution in [3.05, 3.63) is 30.3 Å². The molecule has 0 spiro atoms. The molecular weight excluding hydrogens is 146 g/mol. The van der Waals surface area contributed by atoms with Gasteiger partial charge in [-0.1, -0.05) is 30.0 Å². The number of rotatable bonds is 3. The van der Waals surface area contributed by atoms with E-state index in [9.17, 15) is 0 Å². The number of nitrogens with two attached hydrogens (primary N) is 1. The second-order valence-corrected chi connectivity index (χ2v) is 2.74. The second-order valence-electron chi connectivity index (χ2n) is 1.74. The van der Waals surface area contributed by atoms with Crippen molar-refractivity contribution in [2.45, 2.75) is 4.90 Å². The Bertz CT molecular complexity index is 178. The molecule has 0 aliphatic rings. The molecule has 0 atom stereocenters. The molecule has 0 saturated carbocycles. The van der Waals surface area contributed by atoms with Gasteiger partial charge in [0.2, 0.25) is 0 Å². The molecule has 0 unspecified atom stereocenters. The first-order valence-corrected chi connectivity index (χ1v) is 3.91. The van der Waals surface area contributed by atoms with Crippen molar-refractivity contribution in [2.24, 2.45) is 5.90 Å². The van der Waals surface area contributed by atoms with Crippen LogP contribution in [0.5, 0.6) is 0 Å². The minimum atomic E-state index is 0.504. The van der Waals surface area contributed by atoms with Crippen LogP contribution in [0.4, 0.5) is 0 Å². The van der Waals surface area contributed by atoms with Gasteiger partial charge in [-0.05, 0) is 12.1 Å². The highest BCUT2D eigenvalue weighted by Crippen LogP contribution is 2.15. The smallest absolute Gasteiger partial charge is 0.118 e. The highest BCUT2D eigenvalue weighted by atomic mass is 32.2. The van der Waals surface area contributed by atoms with E-state index < -0.39 is 0 Å². The molecule has 0 saturated heterocycles. The van der Waals surface area contributed by atoms with Gasteiger partial charge >= 0.3 is 0 Å². The molecule has 0 bridgehead atoms. The summed E-state index contributed by atoms with van der Waals surface area (Å²) in [6.45, 7) is 0. The summed E-state index contributed by atoms with van der Waals surface area (Å²) < 4.78 is 0. The van der Waals surface area contributed by atoms with Crippen molar-refractivity contribution in [1.29, 1.82) is 0 Å². The molecule has 54 valence electrons. The predicted octanol–water partition coefficient (Wildman–Crippen LogP) is 1.63. The van der Waals surface area contributed by atoms with Gasteiger partial charge in [-0.15, -0.1) is 0 Å². The Morgan fingerprint density at radius 1 is 1.30 bits per heavy atom. The lowest BCUT2D eigenvalue weighted by Gasteiger charge is -1.96. The van der Waals surface area contributed by atoms with Crippen LogP contribution in [0.2, 0.25) is 0 Å². The van der Waals surface area contributed by atoms with Crippen molar-refractivity contribution in [3.63, 3.8) is 0 Å². The molecule has 10 heavy (non-hydrogen) atoms. The van der Waals surface area contributed by atoms with E-state index in [-0.39, 0.29) is 0 Å². The van der Waals surface area contributed by atoms with Crippen LogP contribution in [0.15, 0.2) is 35.2 Å². The average molecular weight is 155 g/mol. The van der Waals surface area contributed by atoms with Crippen molar-refractivity contribution < 1.29 is 4.84 Å². The average Bonchev–Trinajstić information content (AvgIpc) is 2.03. The van der Waals surface area contributed by atoms with Gasteiger partial charge in [-0.2, -0.15) is 0 Å². The Labute approximate surface area is 64.3 Å². The molecule has 1 aromatic carbocycles. The zero-order valence-electron chi connectivity index (χ0n) is 5.49. The highest BCUT2D eigenvalue weighted by molar-refractivity contribution is 7.99. The molecule has 0 aromatic heterocycles. The molecular formula is C7H9NOS. The predicted molar refractivity (Wildman–Crippen MR) is 42.4 cm³/mol. The summed E-state index contributed by atoms with van der Waals surface area (Å²) in [5.74, 6) is 5.36. The maximum Gasteiger partial charge on any atom is 0.118 e. The maximum atomic E-state index is 4.86. The van der Waals surface area contributed by atoms with E-state index in [4.69, 9.17) is 5.90 Å². The van der Waals surface area contributed by atoms with E-state index in [1.807, 2.05) is 30.3 Å².